The maximum absolute atomic E-state index is 6.26. The second-order valence-corrected chi connectivity index (χ2v) is 28.5. The van der Waals surface area contributed by atoms with Gasteiger partial charge in [0.1, 0.15) is 54.5 Å². The van der Waals surface area contributed by atoms with Gasteiger partial charge in [-0.1, -0.05) is 175 Å². The molecule has 0 radical (unpaired) electrons. The predicted molar refractivity (Wildman–Crippen MR) is 422 cm³/mol. The van der Waals surface area contributed by atoms with Gasteiger partial charge in [-0.15, -0.1) is 0 Å². The lowest BCUT2D eigenvalue weighted by Crippen LogP contribution is -2.31. The predicted octanol–water partition coefficient (Wildman–Crippen LogP) is 17.8. The number of thiophene rings is 1. The quantitative estimate of drug-likeness (QED) is 0.159. The standard InChI is InChI=1S/C27H19N4.C22H17N4.C21H14N3O.C21H14N3S/c1-3-11-20(12-4-1)30-23-16-8-7-15-22(23)25-27(30)31(21-13-5-2-6-14-21)26-24-19(18-29(25)26)10-9-17-28-24;1-24-18-12-6-5-11-17(18)20-22(24)26(16-9-3-2-4-10-16)21-19-15(14-25(20)21)8-7-13-23-19;2*1-2-8-15(9-3-1)24-20-18-14(7-6-12-22-18)13-23(20)19-16-10-4-5-11-17(16)25-21(19)24/h1-17H,18H2;2-13H,14H2,1H3;2*1-12H,13H2/q4*+1. The van der Waals surface area contributed by atoms with Crippen molar-refractivity contribution in [1.29, 1.82) is 0 Å². The van der Waals surface area contributed by atoms with Crippen LogP contribution in [0.4, 0.5) is 0 Å². The molecule has 0 saturated carbocycles. The van der Waals surface area contributed by atoms with Crippen LogP contribution in [-0.4, -0.2) is 47.3 Å². The molecule has 0 aliphatic carbocycles. The second kappa shape index (κ2) is 24.1. The van der Waals surface area contributed by atoms with Crippen LogP contribution in [0.1, 0.15) is 22.3 Å². The van der Waals surface area contributed by atoms with Gasteiger partial charge in [0.2, 0.25) is 21.4 Å². The topological polar surface area (TPSA) is 110 Å². The highest BCUT2D eigenvalue weighted by Crippen LogP contribution is 2.44. The maximum atomic E-state index is 6.26. The van der Waals surface area contributed by atoms with Crippen LogP contribution >= 0.6 is 11.3 Å². The molecule has 506 valence electrons. The molecule has 107 heavy (non-hydrogen) atoms. The average molecular weight is 1400 g/mol. The van der Waals surface area contributed by atoms with E-state index in [2.05, 4.69) is 312 Å². The Morgan fingerprint density at radius 2 is 0.654 bits per heavy atom. The number of rotatable bonds is 5. The molecule has 0 amide bonds. The number of hydrogen-bond donors (Lipinski definition) is 0. The van der Waals surface area contributed by atoms with E-state index in [1.165, 1.54) is 98.3 Å². The zero-order chi connectivity index (χ0) is 70.4. The largest absolute Gasteiger partial charge is 0.419 e. The Hall–Kier alpha value is -14.0. The fraction of sp³-hybridized carbons (Fsp3) is 0.0549. The van der Waals surface area contributed by atoms with Crippen molar-refractivity contribution in [2.75, 3.05) is 0 Å². The molecule has 0 bridgehead atoms. The molecule has 15 nitrogen and oxygen atoms in total. The normalized spacial score (nSPS) is 12.6. The minimum atomic E-state index is 0.818. The fourth-order valence-corrected chi connectivity index (χ4v) is 18.4. The molecule has 4 aliphatic rings. The summed E-state index contributed by atoms with van der Waals surface area (Å²) in [4.78, 5) is 20.2. The Morgan fingerprint density at radius 1 is 0.299 bits per heavy atom. The summed E-state index contributed by atoms with van der Waals surface area (Å²) < 4.78 is 31.2. The molecule has 25 rings (SSSR count). The van der Waals surface area contributed by atoms with Gasteiger partial charge >= 0.3 is 29.0 Å². The fourth-order valence-electron chi connectivity index (χ4n) is 17.1. The molecule has 16 heterocycles. The Labute approximate surface area is 616 Å². The first kappa shape index (κ1) is 60.6. The van der Waals surface area contributed by atoms with E-state index in [1.807, 2.05) is 78.6 Å². The number of imidazole rings is 4. The van der Waals surface area contributed by atoms with Gasteiger partial charge in [0.25, 0.3) is 11.3 Å². The highest BCUT2D eigenvalue weighted by molar-refractivity contribution is 7.25. The van der Waals surface area contributed by atoms with Crippen molar-refractivity contribution in [1.82, 2.24) is 47.3 Å². The third-order valence-corrected chi connectivity index (χ3v) is 22.7. The minimum Gasteiger partial charge on any atom is -0.419 e. The van der Waals surface area contributed by atoms with Crippen LogP contribution in [0.2, 0.25) is 0 Å². The van der Waals surface area contributed by atoms with E-state index in [1.54, 1.807) is 0 Å². The van der Waals surface area contributed by atoms with E-state index in [0.29, 0.717) is 0 Å². The molecule has 0 unspecified atom stereocenters. The van der Waals surface area contributed by atoms with Gasteiger partial charge in [-0.2, -0.15) is 18.3 Å². The number of furan rings is 1. The molecule has 0 saturated heterocycles. The Kier molecular flexibility index (Phi) is 13.6. The van der Waals surface area contributed by atoms with Crippen LogP contribution in [0.25, 0.3) is 161 Å². The van der Waals surface area contributed by atoms with Crippen molar-refractivity contribution in [2.45, 2.75) is 26.2 Å². The van der Waals surface area contributed by atoms with Crippen molar-refractivity contribution < 1.29 is 22.7 Å². The molecule has 9 aromatic carbocycles. The highest BCUT2D eigenvalue weighted by Gasteiger charge is 2.44. The van der Waals surface area contributed by atoms with Gasteiger partial charge in [0.05, 0.1) is 27.2 Å². The third kappa shape index (κ3) is 9.12. The van der Waals surface area contributed by atoms with Crippen molar-refractivity contribution >= 4 is 98.1 Å². The van der Waals surface area contributed by atoms with Crippen molar-refractivity contribution in [3.05, 3.63) is 344 Å². The van der Waals surface area contributed by atoms with Gasteiger partial charge in [-0.3, -0.25) is 4.57 Å². The molecule has 16 heteroatoms. The van der Waals surface area contributed by atoms with Gasteiger partial charge in [-0.05, 0) is 133 Å². The lowest BCUT2D eigenvalue weighted by atomic mass is 10.2. The van der Waals surface area contributed by atoms with E-state index < -0.39 is 0 Å². The van der Waals surface area contributed by atoms with E-state index in [4.69, 9.17) is 19.4 Å². The van der Waals surface area contributed by atoms with Crippen LogP contribution in [-0.2, 0) is 33.2 Å². The molecule has 4 aliphatic heterocycles. The monoisotopic (exact) mass is 1400 g/mol. The number of para-hydroxylation sites is 8. The lowest BCUT2D eigenvalue weighted by Gasteiger charge is -2.08. The van der Waals surface area contributed by atoms with Gasteiger partial charge in [-0.25, -0.2) is 38.2 Å². The first-order valence-corrected chi connectivity index (χ1v) is 37.0. The maximum Gasteiger partial charge on any atom is 0.344 e. The Morgan fingerprint density at radius 3 is 1.17 bits per heavy atom. The summed E-state index contributed by atoms with van der Waals surface area (Å²) in [5, 5.41) is 5.01. The summed E-state index contributed by atoms with van der Waals surface area (Å²) in [5.41, 5.74) is 26.7. The van der Waals surface area contributed by atoms with Crippen LogP contribution in [0.3, 0.4) is 0 Å². The molecule has 0 spiro atoms. The zero-order valence-corrected chi connectivity index (χ0v) is 58.8. The van der Waals surface area contributed by atoms with Crippen LogP contribution in [0.15, 0.2) is 326 Å². The lowest BCUT2D eigenvalue weighted by molar-refractivity contribution is -0.645. The highest BCUT2D eigenvalue weighted by atomic mass is 32.1. The molecule has 0 fully saturated rings. The summed E-state index contributed by atoms with van der Waals surface area (Å²) in [7, 11) is 2.15. The summed E-state index contributed by atoms with van der Waals surface area (Å²) in [6.45, 7) is 3.40. The van der Waals surface area contributed by atoms with Gasteiger partial charge < -0.3 is 8.98 Å². The SMILES string of the molecule is Cn1c2ccccc2c2c1n(-c1ccccc1)c1[n+]2Cc2cccnc2-1.c1ccc(-n2c3[n+](c4c5ccccc5n(-c5ccccc5)c42)Cc2cccnc2-3)cc1.c1ccc(-n2c3[n+](c4c5ccccc5oc42)Cc2cccnc2-3)cc1.c1ccc(-n2c3[n+](c4c5ccccc5sc42)Cc2cccnc2-3)cc1. The first-order valence-electron chi connectivity index (χ1n) is 36.1. The molecular weight excluding hydrogens is 1340 g/mol. The van der Waals surface area contributed by atoms with Gasteiger partial charge in [0, 0.05) is 69.9 Å². The third-order valence-electron chi connectivity index (χ3n) is 21.6. The summed E-state index contributed by atoms with van der Waals surface area (Å²) in [5.74, 6) is 4.58. The van der Waals surface area contributed by atoms with Crippen molar-refractivity contribution in [2.24, 2.45) is 7.05 Å². The number of fused-ring (bicyclic) bond motifs is 28. The van der Waals surface area contributed by atoms with Crippen molar-refractivity contribution in [3.8, 4) is 74.5 Å². The Balaban J connectivity index is 0.0000000891. The number of benzene rings is 9. The summed E-state index contributed by atoms with van der Waals surface area (Å²) >= 11 is 1.86. The number of aromatic nitrogens is 14. The van der Waals surface area contributed by atoms with Crippen molar-refractivity contribution in [3.63, 3.8) is 0 Å². The van der Waals surface area contributed by atoms with Crippen LogP contribution in [0.5, 0.6) is 0 Å². The number of pyridine rings is 4. The molecule has 12 aromatic heterocycles. The van der Waals surface area contributed by atoms with Crippen LogP contribution < -0.4 is 18.3 Å². The summed E-state index contributed by atoms with van der Waals surface area (Å²) in [6.07, 6.45) is 7.53. The number of hydrogen-bond acceptors (Lipinski definition) is 6. The zero-order valence-electron chi connectivity index (χ0n) is 58.0. The summed E-state index contributed by atoms with van der Waals surface area (Å²) in [6, 6.07) is 104. The van der Waals surface area contributed by atoms with Crippen LogP contribution in [0, 0.1) is 0 Å². The van der Waals surface area contributed by atoms with E-state index in [-0.39, 0.29) is 0 Å². The molecule has 0 atom stereocenters. The van der Waals surface area contributed by atoms with E-state index in [0.717, 1.165) is 111 Å². The first-order chi connectivity index (χ1) is 53.1. The average Bonchev–Trinajstić information content (AvgIpc) is 1.54. The number of aryl methyl sites for hydroxylation is 1. The molecular formula is C91H64N14OS+4. The van der Waals surface area contributed by atoms with E-state index in [9.17, 15) is 0 Å². The minimum absolute atomic E-state index is 0.818. The van der Waals surface area contributed by atoms with E-state index >= 15 is 0 Å². The van der Waals surface area contributed by atoms with Gasteiger partial charge in [0.15, 0.2) is 28.3 Å². The Bertz CT molecular complexity index is 6940. The smallest absolute Gasteiger partial charge is 0.344 e. The number of nitrogens with zero attached hydrogens (tertiary/aromatic N) is 14. The molecule has 0 N–H and O–H groups in total. The molecule has 21 aromatic rings. The second-order valence-electron chi connectivity index (χ2n) is 27.5.